The van der Waals surface area contributed by atoms with Gasteiger partial charge < -0.3 is 14.2 Å². The quantitative estimate of drug-likeness (QED) is 0.224. The van der Waals surface area contributed by atoms with Crippen molar-refractivity contribution in [3.05, 3.63) is 42.5 Å². The molecule has 0 aromatic heterocycles. The van der Waals surface area contributed by atoms with Crippen LogP contribution in [0.2, 0.25) is 0 Å². The first-order valence-electron chi connectivity index (χ1n) is 16.3. The molecule has 40 heavy (non-hydrogen) atoms. The number of benzene rings is 1. The van der Waals surface area contributed by atoms with Crippen LogP contribution < -0.4 is 0 Å². The highest BCUT2D eigenvalue weighted by molar-refractivity contribution is 7.91. The minimum absolute atomic E-state index is 0.00801. The van der Waals surface area contributed by atoms with Gasteiger partial charge in [-0.25, -0.2) is 8.42 Å². The standard InChI is InChI=1S/C34H54O5S/c1-8-23(3)19-32-27(7)30(22-40(35,36)29-13-11-10-12-14-29)31(38-32)17-15-24(4)25(5)20-28-16-18-33-34(9-2,39-28)21-26(6)37-33/h10-14,23,25-28,30-33H,4,8-9,15-22H2,1-3,5-7H3/t23-,25-,26+,27-,28?,30-,31+,32-,33+,34+/m1/s1/i15T/t15?,23-,25-,26+,27-,28?,30-,31+,32-,33+,34+. The lowest BCUT2D eigenvalue weighted by atomic mass is 9.81. The molecule has 2 unspecified atom stereocenters. The summed E-state index contributed by atoms with van der Waals surface area (Å²) < 4.78 is 55.5. The lowest BCUT2D eigenvalue weighted by molar-refractivity contribution is -0.170. The average molecular weight is 577 g/mol. The lowest BCUT2D eigenvalue weighted by Gasteiger charge is -2.42. The summed E-state index contributed by atoms with van der Waals surface area (Å²) in [5, 5.41) is 0. The first kappa shape index (κ1) is 30.3. The molecule has 0 N–H and O–H groups in total. The number of hydrogen-bond donors (Lipinski definition) is 0. The van der Waals surface area contributed by atoms with Crippen LogP contribution >= 0.6 is 0 Å². The van der Waals surface area contributed by atoms with Gasteiger partial charge in [-0.3, -0.25) is 0 Å². The second-order valence-corrected chi connectivity index (χ2v) is 15.1. The second kappa shape index (κ2) is 13.4. The number of ether oxygens (including phenoxy) is 3. The van der Waals surface area contributed by atoms with Gasteiger partial charge in [0.2, 0.25) is 0 Å². The predicted molar refractivity (Wildman–Crippen MR) is 162 cm³/mol. The summed E-state index contributed by atoms with van der Waals surface area (Å²) in [6.07, 6.45) is 6.98. The molecule has 0 amide bonds. The average Bonchev–Trinajstić information content (AvgIpc) is 3.43. The minimum Gasteiger partial charge on any atom is -0.374 e. The number of allylic oxidation sites excluding steroid dienone is 1. The molecule has 3 fully saturated rings. The zero-order chi connectivity index (χ0) is 29.9. The summed E-state index contributed by atoms with van der Waals surface area (Å²) in [4.78, 5) is 0.360. The van der Waals surface area contributed by atoms with Crippen LogP contribution in [0.25, 0.3) is 0 Å². The number of sulfone groups is 1. The Bertz CT molecular complexity index is 1110. The molecular formula is C34H54O5S. The van der Waals surface area contributed by atoms with Crippen LogP contribution in [0.5, 0.6) is 0 Å². The smallest absolute Gasteiger partial charge is 0.178 e. The van der Waals surface area contributed by atoms with Crippen LogP contribution in [0.1, 0.15) is 101 Å². The fraction of sp³-hybridized carbons (Fsp3) is 0.765. The van der Waals surface area contributed by atoms with E-state index in [0.717, 1.165) is 50.5 Å². The fourth-order valence-corrected chi connectivity index (χ4v) is 9.04. The van der Waals surface area contributed by atoms with Gasteiger partial charge in [0.1, 0.15) is 0 Å². The molecule has 3 saturated heterocycles. The molecule has 3 aliphatic rings. The molecular weight excluding hydrogens is 520 g/mol. The first-order valence-corrected chi connectivity index (χ1v) is 17.4. The lowest BCUT2D eigenvalue weighted by Crippen LogP contribution is -2.48. The molecule has 5 nitrogen and oxygen atoms in total. The Morgan fingerprint density at radius 2 is 1.82 bits per heavy atom. The Balaban J connectivity index is 1.42. The van der Waals surface area contributed by atoms with E-state index in [1.165, 1.54) is 0 Å². The van der Waals surface area contributed by atoms with Crippen molar-refractivity contribution in [3.63, 3.8) is 0 Å². The van der Waals surface area contributed by atoms with Gasteiger partial charge in [0.05, 0.1) is 46.8 Å². The summed E-state index contributed by atoms with van der Waals surface area (Å²) in [6, 6.07) is 8.73. The molecule has 1 aromatic carbocycles. The van der Waals surface area contributed by atoms with E-state index in [1.54, 1.807) is 24.3 Å². The van der Waals surface area contributed by atoms with Gasteiger partial charge in [0.25, 0.3) is 0 Å². The minimum atomic E-state index is -3.47. The zero-order valence-corrected chi connectivity index (χ0v) is 26.5. The van der Waals surface area contributed by atoms with Crippen molar-refractivity contribution in [1.82, 2.24) is 0 Å². The van der Waals surface area contributed by atoms with Crippen molar-refractivity contribution < 1.29 is 24.0 Å². The van der Waals surface area contributed by atoms with E-state index in [0.29, 0.717) is 17.2 Å². The Morgan fingerprint density at radius 3 is 2.50 bits per heavy atom. The van der Waals surface area contributed by atoms with Crippen molar-refractivity contribution >= 4 is 9.84 Å². The molecule has 0 spiro atoms. The van der Waals surface area contributed by atoms with Gasteiger partial charge in [-0.05, 0) is 81.7 Å². The molecule has 3 aliphatic heterocycles. The molecule has 1 aromatic rings. The molecule has 6 heteroatoms. The summed E-state index contributed by atoms with van der Waals surface area (Å²) in [5.41, 5.74) is 0.711. The summed E-state index contributed by atoms with van der Waals surface area (Å²) in [5.74, 6) is 0.636. The van der Waals surface area contributed by atoms with Crippen LogP contribution in [0.15, 0.2) is 47.4 Å². The highest BCUT2D eigenvalue weighted by Crippen LogP contribution is 2.45. The van der Waals surface area contributed by atoms with Gasteiger partial charge in [-0.15, -0.1) is 0 Å². The van der Waals surface area contributed by atoms with Crippen molar-refractivity contribution in [2.45, 2.75) is 140 Å². The fourth-order valence-electron chi connectivity index (χ4n) is 7.25. The van der Waals surface area contributed by atoms with Gasteiger partial charge in [0.15, 0.2) is 9.84 Å². The summed E-state index contributed by atoms with van der Waals surface area (Å²) >= 11 is 0. The summed E-state index contributed by atoms with van der Waals surface area (Å²) in [7, 11) is -3.47. The van der Waals surface area contributed by atoms with Crippen molar-refractivity contribution in [2.24, 2.45) is 23.7 Å². The highest BCUT2D eigenvalue weighted by atomic mass is 32.2. The topological polar surface area (TPSA) is 61.8 Å². The monoisotopic (exact) mass is 576 g/mol. The van der Waals surface area contributed by atoms with E-state index in [9.17, 15) is 8.42 Å². The zero-order valence-electron chi connectivity index (χ0n) is 26.7. The second-order valence-electron chi connectivity index (χ2n) is 13.1. The maximum atomic E-state index is 13.4. The third-order valence-corrected chi connectivity index (χ3v) is 12.0. The van der Waals surface area contributed by atoms with E-state index in [2.05, 4.69) is 48.1 Å². The molecule has 0 aliphatic carbocycles. The van der Waals surface area contributed by atoms with Crippen molar-refractivity contribution in [3.8, 4) is 0 Å². The maximum Gasteiger partial charge on any atom is 0.178 e. The van der Waals surface area contributed by atoms with Crippen LogP contribution in [-0.2, 0) is 24.0 Å². The SMILES string of the molecule is [3H]C(C[C@@H]1O[C@H](C[C@H](C)CC)[C@H](C)[C@H]1CS(=O)(=O)c1ccccc1)C(=C)[C@H](C)CC1CC[C@@H]2O[C@@H](C)C[C@]2(CC)O1. The molecule has 4 rings (SSSR count). The Morgan fingerprint density at radius 1 is 1.10 bits per heavy atom. The molecule has 3 heterocycles. The number of rotatable bonds is 13. The largest absolute Gasteiger partial charge is 0.374 e. The third kappa shape index (κ3) is 7.22. The van der Waals surface area contributed by atoms with E-state index in [1.807, 2.05) is 6.07 Å². The third-order valence-electron chi connectivity index (χ3n) is 10.2. The van der Waals surface area contributed by atoms with Gasteiger partial charge in [-0.2, -0.15) is 0 Å². The normalized spacial score (nSPS) is 37.0. The van der Waals surface area contributed by atoms with Crippen molar-refractivity contribution in [1.29, 1.82) is 0 Å². The van der Waals surface area contributed by atoms with Crippen LogP contribution in [0.4, 0.5) is 0 Å². The number of fused-ring (bicyclic) bond motifs is 1. The molecule has 0 saturated carbocycles. The predicted octanol–water partition coefficient (Wildman–Crippen LogP) is 7.78. The Labute approximate surface area is 245 Å². The van der Waals surface area contributed by atoms with Crippen LogP contribution in [0.3, 0.4) is 0 Å². The molecule has 0 radical (unpaired) electrons. The van der Waals surface area contributed by atoms with Crippen LogP contribution in [0, 0.1) is 23.7 Å². The van der Waals surface area contributed by atoms with Crippen molar-refractivity contribution in [2.75, 3.05) is 5.75 Å². The number of hydrogen-bond acceptors (Lipinski definition) is 5. The van der Waals surface area contributed by atoms with E-state index in [4.69, 9.17) is 15.6 Å². The molecule has 0 bridgehead atoms. The highest BCUT2D eigenvalue weighted by Gasteiger charge is 2.51. The van der Waals surface area contributed by atoms with Gasteiger partial charge >= 0.3 is 0 Å². The first-order chi connectivity index (χ1) is 19.4. The van der Waals surface area contributed by atoms with Gasteiger partial charge in [-0.1, -0.05) is 71.4 Å². The van der Waals surface area contributed by atoms with E-state index in [-0.39, 0.29) is 59.6 Å². The van der Waals surface area contributed by atoms with E-state index >= 15 is 0 Å². The van der Waals surface area contributed by atoms with Crippen LogP contribution in [-0.4, -0.2) is 50.3 Å². The molecule has 226 valence electrons. The Hall–Kier alpha value is -1.21. The Kier molecular flexibility index (Phi) is 10.1. The van der Waals surface area contributed by atoms with Gasteiger partial charge in [0, 0.05) is 13.7 Å². The molecule has 11 atom stereocenters. The summed E-state index contributed by atoms with van der Waals surface area (Å²) in [6.45, 7) is 17.4. The maximum absolute atomic E-state index is 13.4. The van der Waals surface area contributed by atoms with E-state index < -0.39 is 16.2 Å².